The van der Waals surface area contributed by atoms with Crippen LogP contribution in [-0.2, 0) is 28.4 Å². The fourth-order valence-electron chi connectivity index (χ4n) is 8.16. The number of sulfonamides is 1. The number of aromatic nitrogens is 2. The molecule has 0 atom stereocenters. The molecule has 1 N–H and O–H groups in total. The third-order valence-corrected chi connectivity index (χ3v) is 12.8. The summed E-state index contributed by atoms with van der Waals surface area (Å²) >= 11 is 6.22. The summed E-state index contributed by atoms with van der Waals surface area (Å²) < 4.78 is 81.6. The average Bonchev–Trinajstić information content (AvgIpc) is 3.57. The van der Waals surface area contributed by atoms with E-state index in [1.54, 1.807) is 7.05 Å². The van der Waals surface area contributed by atoms with Gasteiger partial charge in [0.15, 0.2) is 0 Å². The highest BCUT2D eigenvalue weighted by molar-refractivity contribution is 7.89. The number of likely N-dealkylation sites (tertiary alicyclic amines) is 1. The molecule has 0 spiro atoms. The van der Waals surface area contributed by atoms with E-state index < -0.39 is 39.4 Å². The lowest BCUT2D eigenvalue weighted by Crippen LogP contribution is -2.49. The van der Waals surface area contributed by atoms with E-state index in [1.165, 1.54) is 26.4 Å². The van der Waals surface area contributed by atoms with Crippen molar-refractivity contribution in [3.8, 4) is 0 Å². The van der Waals surface area contributed by atoms with Crippen molar-refractivity contribution < 1.29 is 30.8 Å². The molecule has 6 rings (SSSR count). The van der Waals surface area contributed by atoms with E-state index in [9.17, 15) is 30.8 Å². The molecule has 2 heterocycles. The normalized spacial score (nSPS) is 20.2. The maximum absolute atomic E-state index is 14.7. The lowest BCUT2D eigenvalue weighted by molar-refractivity contribution is -0.121. The number of alkyl halides is 3. The summed E-state index contributed by atoms with van der Waals surface area (Å²) in [5, 5.41) is 4.61. The first-order valence-corrected chi connectivity index (χ1v) is 20.2. The van der Waals surface area contributed by atoms with Gasteiger partial charge in [-0.25, -0.2) is 17.5 Å². The van der Waals surface area contributed by atoms with E-state index in [-0.39, 0.29) is 22.0 Å². The van der Waals surface area contributed by atoms with Crippen LogP contribution in [-0.4, -0.2) is 79.4 Å². The molecule has 1 aliphatic carbocycles. The predicted octanol–water partition coefficient (Wildman–Crippen LogP) is 7.96. The molecule has 14 heteroatoms. The van der Waals surface area contributed by atoms with E-state index >= 15 is 0 Å². The Morgan fingerprint density at radius 2 is 1.61 bits per heavy atom. The number of nitrogens with zero attached hydrogens (tertiary/aromatic N) is 4. The Kier molecular flexibility index (Phi) is 12.2. The molecule has 1 saturated heterocycles. The molecule has 8 nitrogen and oxygen atoms in total. The fraction of sp³-hybridized carbons (Fsp3) is 0.450. The molecule has 0 bridgehead atoms. The first-order chi connectivity index (χ1) is 25.7. The molecule has 1 aromatic heterocycles. The van der Waals surface area contributed by atoms with Crippen LogP contribution in [0.1, 0.15) is 84.2 Å². The lowest BCUT2D eigenvalue weighted by Gasteiger charge is -2.46. The van der Waals surface area contributed by atoms with Gasteiger partial charge in [-0.15, -0.1) is 0 Å². The van der Waals surface area contributed by atoms with Gasteiger partial charge in [-0.3, -0.25) is 9.48 Å². The first kappa shape index (κ1) is 39.9. The zero-order chi connectivity index (χ0) is 38.7. The van der Waals surface area contributed by atoms with Gasteiger partial charge in [0.2, 0.25) is 10.0 Å². The van der Waals surface area contributed by atoms with Crippen molar-refractivity contribution in [2.75, 3.05) is 33.2 Å². The van der Waals surface area contributed by atoms with Crippen molar-refractivity contribution in [1.29, 1.82) is 0 Å². The summed E-state index contributed by atoms with van der Waals surface area (Å²) in [7, 11) is -3.33. The van der Waals surface area contributed by atoms with Crippen LogP contribution in [0.25, 0.3) is 0 Å². The second-order valence-corrected chi connectivity index (χ2v) is 16.7. The third-order valence-electron chi connectivity index (χ3n) is 11.1. The van der Waals surface area contributed by atoms with Crippen molar-refractivity contribution in [3.05, 3.63) is 118 Å². The predicted molar refractivity (Wildman–Crippen MR) is 201 cm³/mol. The van der Waals surface area contributed by atoms with Gasteiger partial charge in [0.1, 0.15) is 17.3 Å². The highest BCUT2D eigenvalue weighted by Gasteiger charge is 2.41. The molecular formula is C40H46ClF4N5O3S. The zero-order valence-corrected chi connectivity index (χ0v) is 32.0. The van der Waals surface area contributed by atoms with E-state index in [1.807, 2.05) is 12.1 Å². The highest BCUT2D eigenvalue weighted by Crippen LogP contribution is 2.43. The molecule has 2 aliphatic rings. The molecule has 4 aromatic rings. The molecule has 1 saturated carbocycles. The zero-order valence-electron chi connectivity index (χ0n) is 30.5. The Balaban J connectivity index is 1.12. The number of nitrogens with one attached hydrogen (secondary N) is 1. The number of hydrogen-bond acceptors (Lipinski definition) is 5. The minimum Gasteiger partial charge on any atom is -0.339 e. The van der Waals surface area contributed by atoms with Crippen molar-refractivity contribution >= 4 is 27.5 Å². The molecule has 290 valence electrons. The summed E-state index contributed by atoms with van der Waals surface area (Å²) in [6, 6.07) is 24.3. The van der Waals surface area contributed by atoms with Crippen LogP contribution in [0.15, 0.2) is 83.8 Å². The molecule has 54 heavy (non-hydrogen) atoms. The van der Waals surface area contributed by atoms with Crippen LogP contribution < -0.4 is 4.72 Å². The van der Waals surface area contributed by atoms with Gasteiger partial charge in [0.25, 0.3) is 5.91 Å². The lowest BCUT2D eigenvalue weighted by atomic mass is 9.67. The number of rotatable bonds is 12. The molecule has 1 aliphatic heterocycles. The standard InChI is InChI=1S/C40H46ClF4N5O3S/c1-3-50-36(23-31(47-50)22-28-10-6-4-7-11-28)29-16-20-49(21-17-29)27-39(30-12-8-5-9-13-30)18-14-32(15-19-39)48(2)38(51)33-24-37(35(42)25-34(33)41)54(52,53)46-26-40(43,44)45/h4-13,23-25,29,32,46H,3,14-22,26-27H2,1-2H3. The number of benzene rings is 3. The van der Waals surface area contributed by atoms with E-state index in [2.05, 4.69) is 71.1 Å². The third kappa shape index (κ3) is 9.18. The van der Waals surface area contributed by atoms with Crippen molar-refractivity contribution in [2.45, 2.75) is 86.9 Å². The number of piperidine rings is 1. The van der Waals surface area contributed by atoms with Gasteiger partial charge in [-0.05, 0) is 87.9 Å². The largest absolute Gasteiger partial charge is 0.402 e. The monoisotopic (exact) mass is 787 g/mol. The summed E-state index contributed by atoms with van der Waals surface area (Å²) in [4.78, 5) is 16.7. The minimum atomic E-state index is -4.92. The number of carbonyl (C=O) groups excluding carboxylic acids is 1. The summed E-state index contributed by atoms with van der Waals surface area (Å²) in [6.45, 7) is 3.86. The smallest absolute Gasteiger partial charge is 0.339 e. The quantitative estimate of drug-likeness (QED) is 0.147. The van der Waals surface area contributed by atoms with Crippen LogP contribution in [0.3, 0.4) is 0 Å². The van der Waals surface area contributed by atoms with Crippen molar-refractivity contribution in [2.24, 2.45) is 0 Å². The van der Waals surface area contributed by atoms with Gasteiger partial charge in [0, 0.05) is 49.6 Å². The second-order valence-electron chi connectivity index (χ2n) is 14.6. The number of carbonyl (C=O) groups is 1. The summed E-state index contributed by atoms with van der Waals surface area (Å²) in [5.41, 5.74) is 4.44. The van der Waals surface area contributed by atoms with E-state index in [4.69, 9.17) is 16.7 Å². The topological polar surface area (TPSA) is 87.5 Å². The Morgan fingerprint density at radius 1 is 0.981 bits per heavy atom. The number of halogens is 5. The Labute approximate surface area is 319 Å². The Morgan fingerprint density at radius 3 is 2.22 bits per heavy atom. The van der Waals surface area contributed by atoms with Gasteiger partial charge < -0.3 is 9.80 Å². The second kappa shape index (κ2) is 16.5. The van der Waals surface area contributed by atoms with E-state index in [0.29, 0.717) is 30.9 Å². The van der Waals surface area contributed by atoms with Crippen LogP contribution in [0, 0.1) is 5.82 Å². The average molecular weight is 788 g/mol. The van der Waals surface area contributed by atoms with Gasteiger partial charge in [-0.2, -0.15) is 18.3 Å². The molecule has 2 fully saturated rings. The molecule has 1 amide bonds. The van der Waals surface area contributed by atoms with Crippen LogP contribution in [0.4, 0.5) is 17.6 Å². The van der Waals surface area contributed by atoms with Crippen molar-refractivity contribution in [1.82, 2.24) is 24.3 Å². The minimum absolute atomic E-state index is 0.151. The Bertz CT molecular complexity index is 2010. The molecule has 0 unspecified atom stereocenters. The number of hydrogen-bond donors (Lipinski definition) is 1. The summed E-state index contributed by atoms with van der Waals surface area (Å²) in [6.07, 6.45) is 0.921. The Hall–Kier alpha value is -3.78. The molecule has 0 radical (unpaired) electrons. The SMILES string of the molecule is CCn1nc(Cc2ccccc2)cc1C1CCN(CC2(c3ccccc3)CCC(N(C)C(=O)c3cc(S(=O)(=O)NCC(F)(F)F)c(F)cc3Cl)CC2)CC1. The van der Waals surface area contributed by atoms with Gasteiger partial charge in [-0.1, -0.05) is 72.3 Å². The number of amides is 1. The maximum atomic E-state index is 14.7. The van der Waals surface area contributed by atoms with Gasteiger partial charge in [0.05, 0.1) is 16.3 Å². The van der Waals surface area contributed by atoms with E-state index in [0.717, 1.165) is 64.0 Å². The first-order valence-electron chi connectivity index (χ1n) is 18.4. The van der Waals surface area contributed by atoms with Crippen molar-refractivity contribution in [3.63, 3.8) is 0 Å². The van der Waals surface area contributed by atoms with Gasteiger partial charge >= 0.3 is 6.18 Å². The number of aryl methyl sites for hydroxylation is 1. The molecule has 3 aromatic carbocycles. The highest BCUT2D eigenvalue weighted by atomic mass is 35.5. The van der Waals surface area contributed by atoms with Crippen LogP contribution in [0.2, 0.25) is 5.02 Å². The molecular weight excluding hydrogens is 742 g/mol. The van der Waals surface area contributed by atoms with Crippen LogP contribution in [0.5, 0.6) is 0 Å². The fourth-order valence-corrected chi connectivity index (χ4v) is 9.49. The summed E-state index contributed by atoms with van der Waals surface area (Å²) in [5.74, 6) is -1.56. The van der Waals surface area contributed by atoms with Crippen LogP contribution >= 0.6 is 11.6 Å². The maximum Gasteiger partial charge on any atom is 0.402 e.